The van der Waals surface area contributed by atoms with Gasteiger partial charge >= 0.3 is 0 Å². The van der Waals surface area contributed by atoms with Gasteiger partial charge in [-0.2, -0.15) is 0 Å². The highest BCUT2D eigenvalue weighted by Crippen LogP contribution is 2.33. The molecule has 1 atom stereocenters. The van der Waals surface area contributed by atoms with E-state index in [9.17, 15) is 18.0 Å². The van der Waals surface area contributed by atoms with Crippen LogP contribution in [0.4, 0.5) is 5.69 Å². The summed E-state index contributed by atoms with van der Waals surface area (Å²) >= 11 is 9.68. The molecule has 1 aliphatic carbocycles. The maximum atomic E-state index is 14.3. The van der Waals surface area contributed by atoms with Gasteiger partial charge in [-0.25, -0.2) is 8.42 Å². The molecule has 1 fully saturated rings. The van der Waals surface area contributed by atoms with Gasteiger partial charge in [0.1, 0.15) is 18.3 Å². The fourth-order valence-corrected chi connectivity index (χ4v) is 6.61. The Morgan fingerprint density at radius 1 is 1.00 bits per heavy atom. The molecule has 1 aliphatic rings. The first kappa shape index (κ1) is 32.8. The number of amides is 2. The molecule has 1 N–H and O–H groups in total. The number of carbonyl (C=O) groups excluding carboxylic acids is 2. The van der Waals surface area contributed by atoms with Crippen molar-refractivity contribution < 1.29 is 22.7 Å². The molecule has 230 valence electrons. The molecular formula is C32H37BrClN3O5S. The second kappa shape index (κ2) is 15.1. The predicted molar refractivity (Wildman–Crippen MR) is 174 cm³/mol. The van der Waals surface area contributed by atoms with Gasteiger partial charge in [-0.15, -0.1) is 0 Å². The van der Waals surface area contributed by atoms with Crippen molar-refractivity contribution in [2.75, 3.05) is 24.2 Å². The lowest BCUT2D eigenvalue weighted by molar-refractivity contribution is -0.140. The maximum absolute atomic E-state index is 14.3. The van der Waals surface area contributed by atoms with E-state index in [-0.39, 0.29) is 41.4 Å². The summed E-state index contributed by atoms with van der Waals surface area (Å²) in [6.07, 6.45) is 6.29. The van der Waals surface area contributed by atoms with Gasteiger partial charge in [-0.3, -0.25) is 13.9 Å². The van der Waals surface area contributed by atoms with Gasteiger partial charge in [0.05, 0.1) is 19.1 Å². The third-order valence-corrected chi connectivity index (χ3v) is 9.47. The second-order valence-corrected chi connectivity index (χ2v) is 14.0. The third kappa shape index (κ3) is 9.20. The molecule has 0 heterocycles. The lowest BCUT2D eigenvalue weighted by Crippen LogP contribution is -2.55. The molecule has 43 heavy (non-hydrogen) atoms. The number of ether oxygens (including phenoxy) is 1. The molecular weight excluding hydrogens is 654 g/mol. The van der Waals surface area contributed by atoms with E-state index < -0.39 is 28.5 Å². The lowest BCUT2D eigenvalue weighted by atomic mass is 9.94. The van der Waals surface area contributed by atoms with Gasteiger partial charge in [-0.1, -0.05) is 89.3 Å². The summed E-state index contributed by atoms with van der Waals surface area (Å²) in [6.45, 7) is -0.444. The average molecular weight is 691 g/mol. The zero-order valence-electron chi connectivity index (χ0n) is 24.3. The van der Waals surface area contributed by atoms with E-state index in [0.29, 0.717) is 0 Å². The molecule has 0 bridgehead atoms. The van der Waals surface area contributed by atoms with Crippen molar-refractivity contribution in [2.24, 2.45) is 0 Å². The van der Waals surface area contributed by atoms with Crippen LogP contribution in [0.25, 0.3) is 0 Å². The highest BCUT2D eigenvalue weighted by molar-refractivity contribution is 9.10. The van der Waals surface area contributed by atoms with Crippen LogP contribution in [0.3, 0.4) is 0 Å². The molecule has 3 aromatic rings. The summed E-state index contributed by atoms with van der Waals surface area (Å²) in [5, 5.41) is 3.49. The van der Waals surface area contributed by atoms with Crippen molar-refractivity contribution in [3.05, 3.63) is 93.4 Å². The quantitative estimate of drug-likeness (QED) is 0.253. The van der Waals surface area contributed by atoms with Crippen molar-refractivity contribution in [1.82, 2.24) is 10.2 Å². The number of nitrogens with zero attached hydrogens (tertiary/aromatic N) is 2. The number of hydrogen-bond acceptors (Lipinski definition) is 5. The normalized spacial score (nSPS) is 14.5. The van der Waals surface area contributed by atoms with Crippen LogP contribution >= 0.6 is 27.5 Å². The maximum Gasteiger partial charge on any atom is 0.244 e. The monoisotopic (exact) mass is 689 g/mol. The first-order valence-corrected chi connectivity index (χ1v) is 17.3. The Hall–Kier alpha value is -3.08. The molecule has 8 nitrogen and oxygen atoms in total. The minimum atomic E-state index is -3.96. The molecule has 0 unspecified atom stereocenters. The first-order valence-electron chi connectivity index (χ1n) is 14.2. The molecule has 0 saturated heterocycles. The Labute approximate surface area is 267 Å². The minimum absolute atomic E-state index is 0.0346. The highest BCUT2D eigenvalue weighted by Gasteiger charge is 2.34. The smallest absolute Gasteiger partial charge is 0.244 e. The second-order valence-electron chi connectivity index (χ2n) is 10.8. The number of anilines is 1. The van der Waals surface area contributed by atoms with Crippen LogP contribution in [0, 0.1) is 0 Å². The number of sulfonamides is 1. The zero-order chi connectivity index (χ0) is 31.0. The zero-order valence-corrected chi connectivity index (χ0v) is 27.5. The van der Waals surface area contributed by atoms with E-state index in [1.807, 2.05) is 54.6 Å². The Morgan fingerprint density at radius 2 is 1.67 bits per heavy atom. The molecule has 4 rings (SSSR count). The van der Waals surface area contributed by atoms with Crippen LogP contribution < -0.4 is 14.4 Å². The van der Waals surface area contributed by atoms with Gasteiger partial charge in [0.15, 0.2) is 0 Å². The van der Waals surface area contributed by atoms with Crippen LogP contribution in [0.5, 0.6) is 5.75 Å². The molecule has 1 saturated carbocycles. The summed E-state index contributed by atoms with van der Waals surface area (Å²) in [5.41, 5.74) is 1.82. The largest absolute Gasteiger partial charge is 0.495 e. The fourth-order valence-electron chi connectivity index (χ4n) is 5.34. The van der Waals surface area contributed by atoms with E-state index >= 15 is 0 Å². The van der Waals surface area contributed by atoms with Gasteiger partial charge in [0, 0.05) is 28.5 Å². The van der Waals surface area contributed by atoms with Crippen LogP contribution in [0.2, 0.25) is 5.02 Å². The lowest BCUT2D eigenvalue weighted by Gasteiger charge is -2.35. The Bertz CT molecular complexity index is 1500. The molecule has 0 radical (unpaired) electrons. The molecule has 0 aromatic heterocycles. The van der Waals surface area contributed by atoms with Crippen molar-refractivity contribution in [3.8, 4) is 5.75 Å². The summed E-state index contributed by atoms with van der Waals surface area (Å²) in [5.74, 6) is -0.541. The SMILES string of the molecule is COc1ccc(Cl)cc1N(CC(=O)N(Cc1ccc(Br)cc1)[C@@H](Cc1ccccc1)C(=O)NC1CCCCC1)S(C)(=O)=O. The Kier molecular flexibility index (Phi) is 11.5. The molecule has 3 aromatic carbocycles. The molecule has 0 aliphatic heterocycles. The summed E-state index contributed by atoms with van der Waals surface area (Å²) in [6, 6.07) is 20.7. The highest BCUT2D eigenvalue weighted by atomic mass is 79.9. The molecule has 2 amide bonds. The van der Waals surface area contributed by atoms with E-state index in [4.69, 9.17) is 16.3 Å². The number of hydrogen-bond donors (Lipinski definition) is 1. The van der Waals surface area contributed by atoms with E-state index in [1.54, 1.807) is 12.1 Å². The van der Waals surface area contributed by atoms with Gasteiger partial charge in [0.25, 0.3) is 0 Å². The van der Waals surface area contributed by atoms with E-state index in [0.717, 1.165) is 58.3 Å². The van der Waals surface area contributed by atoms with Crippen molar-refractivity contribution in [3.63, 3.8) is 0 Å². The van der Waals surface area contributed by atoms with Crippen LogP contribution in [0.15, 0.2) is 77.3 Å². The number of halogens is 2. The summed E-state index contributed by atoms with van der Waals surface area (Å²) < 4.78 is 33.5. The van der Waals surface area contributed by atoms with Crippen LogP contribution in [-0.4, -0.2) is 57.1 Å². The summed E-state index contributed by atoms with van der Waals surface area (Å²) in [7, 11) is -2.54. The van der Waals surface area contributed by atoms with Crippen molar-refractivity contribution >= 4 is 55.1 Å². The third-order valence-electron chi connectivity index (χ3n) is 7.58. The number of rotatable bonds is 12. The number of nitrogens with one attached hydrogen (secondary N) is 1. The van der Waals surface area contributed by atoms with Gasteiger partial charge < -0.3 is 15.0 Å². The predicted octanol–water partition coefficient (Wildman–Crippen LogP) is 5.97. The van der Waals surface area contributed by atoms with Crippen molar-refractivity contribution in [1.29, 1.82) is 0 Å². The Morgan fingerprint density at radius 3 is 2.30 bits per heavy atom. The fraction of sp³-hybridized carbons (Fsp3) is 0.375. The standard InChI is InChI=1S/C32H37BrClN3O5S/c1-42-30-18-17-26(34)20-28(30)37(43(2,40)41)22-31(38)36(21-24-13-15-25(33)16-14-24)29(19-23-9-5-3-6-10-23)32(39)35-27-11-7-4-8-12-27/h3,5-6,9-10,13-18,20,27,29H,4,7-8,11-12,19,21-22H2,1-2H3,(H,35,39)/t29-/m0/s1. The topological polar surface area (TPSA) is 96.0 Å². The van der Waals surface area contributed by atoms with Gasteiger partial charge in [-0.05, 0) is 54.3 Å². The van der Waals surface area contributed by atoms with Crippen LogP contribution in [0.1, 0.15) is 43.2 Å². The molecule has 0 spiro atoms. The van der Waals surface area contributed by atoms with Crippen molar-refractivity contribution in [2.45, 2.75) is 57.2 Å². The number of methoxy groups -OCH3 is 1. The Balaban J connectivity index is 1.75. The van der Waals surface area contributed by atoms with E-state index in [2.05, 4.69) is 21.2 Å². The first-order chi connectivity index (χ1) is 20.5. The van der Waals surface area contributed by atoms with Crippen LogP contribution in [-0.2, 0) is 32.6 Å². The molecule has 11 heteroatoms. The number of benzene rings is 3. The average Bonchev–Trinajstić information content (AvgIpc) is 2.99. The summed E-state index contributed by atoms with van der Waals surface area (Å²) in [4.78, 5) is 29.8. The van der Waals surface area contributed by atoms with Gasteiger partial charge in [0.2, 0.25) is 21.8 Å². The van der Waals surface area contributed by atoms with E-state index in [1.165, 1.54) is 18.1 Å². The minimum Gasteiger partial charge on any atom is -0.495 e. The number of carbonyl (C=O) groups is 2.